The number of hydrogen-bond donors (Lipinski definition) is 0. The lowest BCUT2D eigenvalue weighted by Crippen LogP contribution is -1.97. The number of nitrogens with zero attached hydrogens (tertiary/aromatic N) is 4. The molecule has 2 rings (SSSR count). The molecule has 5 nitrogen and oxygen atoms in total. The lowest BCUT2D eigenvalue weighted by molar-refractivity contribution is 0.374. The largest absolute Gasteiger partial charge is 0.339 e. The van der Waals surface area contributed by atoms with Crippen LogP contribution in [-0.4, -0.2) is 26.2 Å². The molecule has 98 valence electrons. The van der Waals surface area contributed by atoms with E-state index in [4.69, 9.17) is 4.52 Å². The zero-order chi connectivity index (χ0) is 13.1. The third-order valence-electron chi connectivity index (χ3n) is 3.03. The summed E-state index contributed by atoms with van der Waals surface area (Å²) >= 11 is 1.69. The molecule has 2 aromatic heterocycles. The Morgan fingerprint density at radius 3 is 2.67 bits per heavy atom. The Morgan fingerprint density at radius 2 is 2.06 bits per heavy atom. The molecule has 18 heavy (non-hydrogen) atoms. The maximum atomic E-state index is 5.22. The van der Waals surface area contributed by atoms with Gasteiger partial charge in [0.25, 0.3) is 0 Å². The second-order valence-corrected chi connectivity index (χ2v) is 5.18. The van der Waals surface area contributed by atoms with Gasteiger partial charge in [-0.05, 0) is 32.1 Å². The quantitative estimate of drug-likeness (QED) is 0.829. The van der Waals surface area contributed by atoms with E-state index in [0.29, 0.717) is 5.89 Å². The molecule has 0 amide bonds. The molecule has 0 aromatic carbocycles. The minimum absolute atomic E-state index is 0.710. The number of aromatic nitrogens is 4. The highest BCUT2D eigenvalue weighted by Gasteiger charge is 2.12. The van der Waals surface area contributed by atoms with Gasteiger partial charge in [-0.2, -0.15) is 21.8 Å². The number of thioether (sulfide) groups is 1. The predicted octanol–water partition coefficient (Wildman–Crippen LogP) is 2.07. The minimum Gasteiger partial charge on any atom is -0.339 e. The summed E-state index contributed by atoms with van der Waals surface area (Å²) in [4.78, 5) is 4.36. The van der Waals surface area contributed by atoms with Crippen LogP contribution in [-0.2, 0) is 25.6 Å². The van der Waals surface area contributed by atoms with Crippen molar-refractivity contribution >= 4 is 11.8 Å². The van der Waals surface area contributed by atoms with E-state index in [-0.39, 0.29) is 0 Å². The maximum Gasteiger partial charge on any atom is 0.227 e. The van der Waals surface area contributed by atoms with Crippen LogP contribution in [0.1, 0.15) is 28.7 Å². The number of hydrogen-bond acceptors (Lipinski definition) is 5. The van der Waals surface area contributed by atoms with Gasteiger partial charge >= 0.3 is 0 Å². The first kappa shape index (κ1) is 13.1. The Balaban J connectivity index is 2.02. The summed E-state index contributed by atoms with van der Waals surface area (Å²) in [5.41, 5.74) is 3.57. The third kappa shape index (κ3) is 2.75. The molecule has 0 bridgehead atoms. The lowest BCUT2D eigenvalue weighted by Gasteiger charge is -1.98. The molecule has 0 N–H and O–H groups in total. The van der Waals surface area contributed by atoms with Crippen molar-refractivity contribution in [1.82, 2.24) is 19.9 Å². The van der Waals surface area contributed by atoms with Gasteiger partial charge in [0.15, 0.2) is 5.82 Å². The first-order chi connectivity index (χ1) is 8.61. The number of rotatable bonds is 5. The highest BCUT2D eigenvalue weighted by atomic mass is 32.2. The zero-order valence-corrected chi connectivity index (χ0v) is 12.0. The Labute approximate surface area is 111 Å². The molecule has 0 fully saturated rings. The van der Waals surface area contributed by atoms with Crippen LogP contribution < -0.4 is 0 Å². The van der Waals surface area contributed by atoms with Crippen molar-refractivity contribution in [3.8, 4) is 0 Å². The molecule has 0 aliphatic rings. The molecule has 2 heterocycles. The van der Waals surface area contributed by atoms with Crippen molar-refractivity contribution in [3.63, 3.8) is 0 Å². The molecule has 0 unspecified atom stereocenters. The van der Waals surface area contributed by atoms with Crippen LogP contribution in [0.5, 0.6) is 0 Å². The van der Waals surface area contributed by atoms with Crippen molar-refractivity contribution in [2.45, 2.75) is 32.4 Å². The minimum atomic E-state index is 0.710. The maximum absolute atomic E-state index is 5.22. The van der Waals surface area contributed by atoms with Gasteiger partial charge in [-0.3, -0.25) is 4.68 Å². The highest BCUT2D eigenvalue weighted by Crippen LogP contribution is 2.15. The molecule has 0 radical (unpaired) electrons. The van der Waals surface area contributed by atoms with Crippen molar-refractivity contribution < 1.29 is 4.52 Å². The molecule has 2 aromatic rings. The van der Waals surface area contributed by atoms with Gasteiger partial charge in [-0.25, -0.2) is 0 Å². The lowest BCUT2D eigenvalue weighted by atomic mass is 10.1. The molecule has 0 atom stereocenters. The Hall–Kier alpha value is -1.30. The van der Waals surface area contributed by atoms with Crippen molar-refractivity contribution in [2.24, 2.45) is 7.05 Å². The van der Waals surface area contributed by atoms with Crippen molar-refractivity contribution in [1.29, 1.82) is 0 Å². The summed E-state index contributed by atoms with van der Waals surface area (Å²) in [6, 6.07) is 0. The standard InChI is InChI=1S/C12H18N4OS/c1-8-10(9(2)16(3)14-8)5-6-12-13-11(7-18-4)15-17-12/h5-7H2,1-4H3. The third-order valence-corrected chi connectivity index (χ3v) is 3.58. The highest BCUT2D eigenvalue weighted by molar-refractivity contribution is 7.97. The van der Waals surface area contributed by atoms with Gasteiger partial charge in [-0.1, -0.05) is 5.16 Å². The fraction of sp³-hybridized carbons (Fsp3) is 0.583. The second kappa shape index (κ2) is 5.56. The Morgan fingerprint density at radius 1 is 1.28 bits per heavy atom. The van der Waals surface area contributed by atoms with E-state index in [1.165, 1.54) is 11.3 Å². The van der Waals surface area contributed by atoms with Gasteiger partial charge in [0.05, 0.1) is 11.4 Å². The molecule has 0 aliphatic carbocycles. The second-order valence-electron chi connectivity index (χ2n) is 4.31. The van der Waals surface area contributed by atoms with Crippen LogP contribution in [0.15, 0.2) is 4.52 Å². The summed E-state index contributed by atoms with van der Waals surface area (Å²) in [6.45, 7) is 4.12. The van der Waals surface area contributed by atoms with Gasteiger partial charge in [0.2, 0.25) is 5.89 Å². The van der Waals surface area contributed by atoms with E-state index in [9.17, 15) is 0 Å². The fourth-order valence-corrected chi connectivity index (χ4v) is 2.37. The summed E-state index contributed by atoms with van der Waals surface area (Å²) < 4.78 is 7.14. The van der Waals surface area contributed by atoms with Gasteiger partial charge in [0.1, 0.15) is 0 Å². The molecule has 0 saturated heterocycles. The van der Waals surface area contributed by atoms with Crippen molar-refractivity contribution in [2.75, 3.05) is 6.26 Å². The van der Waals surface area contributed by atoms with Crippen LogP contribution >= 0.6 is 11.8 Å². The summed E-state index contributed by atoms with van der Waals surface area (Å²) in [6.07, 6.45) is 3.69. The monoisotopic (exact) mass is 266 g/mol. The average Bonchev–Trinajstić information content (AvgIpc) is 2.85. The van der Waals surface area contributed by atoms with Crippen LogP contribution in [0, 0.1) is 13.8 Å². The van der Waals surface area contributed by atoms with Crippen LogP contribution in [0.25, 0.3) is 0 Å². The van der Waals surface area contributed by atoms with Crippen LogP contribution in [0.2, 0.25) is 0 Å². The molecule has 0 spiro atoms. The summed E-state index contributed by atoms with van der Waals surface area (Å²) in [5, 5.41) is 8.34. The van der Waals surface area contributed by atoms with Gasteiger partial charge in [-0.15, -0.1) is 0 Å². The van der Waals surface area contributed by atoms with E-state index < -0.39 is 0 Å². The predicted molar refractivity (Wildman–Crippen MR) is 71.6 cm³/mol. The van der Waals surface area contributed by atoms with E-state index in [2.05, 4.69) is 22.2 Å². The molecular formula is C12H18N4OS. The average molecular weight is 266 g/mol. The van der Waals surface area contributed by atoms with Crippen LogP contribution in [0.3, 0.4) is 0 Å². The fourth-order valence-electron chi connectivity index (χ4n) is 1.99. The molecule has 0 saturated carbocycles. The van der Waals surface area contributed by atoms with Crippen molar-refractivity contribution in [3.05, 3.63) is 28.7 Å². The summed E-state index contributed by atoms with van der Waals surface area (Å²) in [5.74, 6) is 2.29. The van der Waals surface area contributed by atoms with Crippen LogP contribution in [0.4, 0.5) is 0 Å². The van der Waals surface area contributed by atoms with E-state index in [1.807, 2.05) is 24.9 Å². The Kier molecular flexibility index (Phi) is 4.06. The van der Waals surface area contributed by atoms with E-state index in [1.54, 1.807) is 11.8 Å². The van der Waals surface area contributed by atoms with Gasteiger partial charge < -0.3 is 4.52 Å². The van der Waals surface area contributed by atoms with E-state index in [0.717, 1.165) is 30.1 Å². The number of aryl methyl sites for hydroxylation is 3. The topological polar surface area (TPSA) is 56.7 Å². The SMILES string of the molecule is CSCc1noc(CCc2c(C)nn(C)c2C)n1. The molecule has 6 heteroatoms. The molecular weight excluding hydrogens is 248 g/mol. The van der Waals surface area contributed by atoms with Gasteiger partial charge in [0, 0.05) is 19.2 Å². The normalized spacial score (nSPS) is 11.1. The first-order valence-corrected chi connectivity index (χ1v) is 7.30. The Bertz CT molecular complexity index is 532. The first-order valence-electron chi connectivity index (χ1n) is 5.91. The zero-order valence-electron chi connectivity index (χ0n) is 11.2. The summed E-state index contributed by atoms with van der Waals surface area (Å²) in [7, 11) is 1.97. The van der Waals surface area contributed by atoms with E-state index >= 15 is 0 Å². The molecule has 0 aliphatic heterocycles. The smallest absolute Gasteiger partial charge is 0.227 e.